The molecular formula is C29H22F3N5O2S. The van der Waals surface area contributed by atoms with Crippen LogP contribution in [-0.2, 0) is 6.18 Å². The van der Waals surface area contributed by atoms with E-state index in [2.05, 4.69) is 25.9 Å². The van der Waals surface area contributed by atoms with Gasteiger partial charge in [0, 0.05) is 22.6 Å². The topological polar surface area (TPSA) is 96.0 Å². The number of carbonyl (C=O) groups is 2. The van der Waals surface area contributed by atoms with E-state index in [4.69, 9.17) is 0 Å². The van der Waals surface area contributed by atoms with E-state index in [1.165, 1.54) is 29.8 Å². The number of hydrogen-bond donors (Lipinski definition) is 3. The third-order valence-corrected chi connectivity index (χ3v) is 7.11. The molecule has 0 saturated carbocycles. The molecule has 5 aromatic rings. The van der Waals surface area contributed by atoms with Crippen LogP contribution in [-0.4, -0.2) is 21.8 Å². The highest BCUT2D eigenvalue weighted by Gasteiger charge is 2.31. The summed E-state index contributed by atoms with van der Waals surface area (Å²) in [7, 11) is 0. The number of amides is 2. The number of halogens is 3. The Bertz CT molecular complexity index is 1730. The monoisotopic (exact) mass is 561 g/mol. The van der Waals surface area contributed by atoms with Gasteiger partial charge in [0.15, 0.2) is 0 Å². The van der Waals surface area contributed by atoms with Crippen molar-refractivity contribution in [3.05, 3.63) is 106 Å². The molecule has 0 fully saturated rings. The van der Waals surface area contributed by atoms with Crippen LogP contribution >= 0.6 is 11.3 Å². The van der Waals surface area contributed by atoms with E-state index < -0.39 is 17.6 Å². The lowest BCUT2D eigenvalue weighted by atomic mass is 10.1. The second kappa shape index (κ2) is 10.8. The smallest absolute Gasteiger partial charge is 0.340 e. The number of aromatic nitrogens is 2. The lowest BCUT2D eigenvalue weighted by Gasteiger charge is -2.12. The zero-order chi connectivity index (χ0) is 28.4. The predicted molar refractivity (Wildman–Crippen MR) is 150 cm³/mol. The minimum absolute atomic E-state index is 0.137. The number of carbonyl (C=O) groups excluding carboxylic acids is 2. The Morgan fingerprint density at radius 3 is 2.33 bits per heavy atom. The maximum atomic E-state index is 13.2. The number of rotatable bonds is 6. The number of hydrogen-bond acceptors (Lipinski definition) is 6. The highest BCUT2D eigenvalue weighted by atomic mass is 32.1. The van der Waals surface area contributed by atoms with Gasteiger partial charge in [-0.05, 0) is 67.9 Å². The van der Waals surface area contributed by atoms with Gasteiger partial charge in [-0.25, -0.2) is 9.97 Å². The number of nitrogens with one attached hydrogen (secondary N) is 3. The van der Waals surface area contributed by atoms with Crippen LogP contribution < -0.4 is 16.0 Å². The second-order valence-electron chi connectivity index (χ2n) is 9.06. The van der Waals surface area contributed by atoms with Crippen LogP contribution in [0.4, 0.5) is 36.1 Å². The molecule has 2 amide bonds. The summed E-state index contributed by atoms with van der Waals surface area (Å²) in [6.45, 7) is 3.78. The molecule has 0 aliphatic carbocycles. The lowest BCUT2D eigenvalue weighted by Crippen LogP contribution is -2.15. The molecule has 0 aliphatic heterocycles. The third-order valence-electron chi connectivity index (χ3n) is 6.06. The van der Waals surface area contributed by atoms with E-state index in [0.29, 0.717) is 32.3 Å². The highest BCUT2D eigenvalue weighted by Crippen LogP contribution is 2.32. The summed E-state index contributed by atoms with van der Waals surface area (Å²) in [5.41, 5.74) is 2.41. The highest BCUT2D eigenvalue weighted by molar-refractivity contribution is 7.20. The molecule has 202 valence electrons. The van der Waals surface area contributed by atoms with Gasteiger partial charge < -0.3 is 16.0 Å². The van der Waals surface area contributed by atoms with E-state index in [1.807, 2.05) is 31.2 Å². The van der Waals surface area contributed by atoms with Gasteiger partial charge in [0.25, 0.3) is 11.8 Å². The molecule has 5 rings (SSSR count). The summed E-state index contributed by atoms with van der Waals surface area (Å²) in [4.78, 5) is 35.5. The summed E-state index contributed by atoms with van der Waals surface area (Å²) in [5.74, 6) is -0.516. The largest absolute Gasteiger partial charge is 0.416 e. The van der Waals surface area contributed by atoms with Crippen molar-refractivity contribution in [3.8, 4) is 0 Å². The number of fused-ring (bicyclic) bond motifs is 1. The van der Waals surface area contributed by atoms with Gasteiger partial charge in [0.1, 0.15) is 17.0 Å². The summed E-state index contributed by atoms with van der Waals surface area (Å²) in [5, 5.41) is 9.39. The molecule has 0 unspecified atom stereocenters. The van der Waals surface area contributed by atoms with E-state index in [9.17, 15) is 22.8 Å². The fourth-order valence-corrected chi connectivity index (χ4v) is 4.79. The number of thiophene rings is 1. The van der Waals surface area contributed by atoms with Crippen molar-refractivity contribution in [2.24, 2.45) is 0 Å². The maximum absolute atomic E-state index is 13.2. The van der Waals surface area contributed by atoms with Crippen LogP contribution in [0.25, 0.3) is 10.2 Å². The molecule has 2 aromatic heterocycles. The third kappa shape index (κ3) is 5.94. The van der Waals surface area contributed by atoms with Gasteiger partial charge in [-0.3, -0.25) is 9.59 Å². The molecule has 0 radical (unpaired) electrons. The van der Waals surface area contributed by atoms with Crippen molar-refractivity contribution in [2.45, 2.75) is 20.0 Å². The number of aryl methyl sites for hydroxylation is 2. The zero-order valence-electron chi connectivity index (χ0n) is 21.3. The molecule has 0 aliphatic rings. The van der Waals surface area contributed by atoms with Crippen LogP contribution in [0.2, 0.25) is 0 Å². The summed E-state index contributed by atoms with van der Waals surface area (Å²) in [6, 6.07) is 18.6. The second-order valence-corrected chi connectivity index (χ2v) is 10.1. The Labute approximate surface area is 231 Å². The van der Waals surface area contributed by atoms with Gasteiger partial charge in [-0.15, -0.1) is 11.3 Å². The van der Waals surface area contributed by atoms with E-state index >= 15 is 0 Å². The number of nitrogens with zero attached hydrogens (tertiary/aromatic N) is 2. The molecule has 0 spiro atoms. The predicted octanol–water partition coefficient (Wildman–Crippen LogP) is 7.58. The molecular weight excluding hydrogens is 539 g/mol. The summed E-state index contributed by atoms with van der Waals surface area (Å²) in [6.07, 6.45) is -3.13. The van der Waals surface area contributed by atoms with Gasteiger partial charge >= 0.3 is 6.18 Å². The Balaban J connectivity index is 1.33. The van der Waals surface area contributed by atoms with Crippen LogP contribution in [0.5, 0.6) is 0 Å². The fraction of sp³-hybridized carbons (Fsp3) is 0.103. The molecule has 0 atom stereocenters. The van der Waals surface area contributed by atoms with E-state index in [-0.39, 0.29) is 11.5 Å². The van der Waals surface area contributed by atoms with E-state index in [0.717, 1.165) is 28.9 Å². The van der Waals surface area contributed by atoms with Gasteiger partial charge in [-0.2, -0.15) is 13.2 Å². The van der Waals surface area contributed by atoms with Crippen molar-refractivity contribution in [1.82, 2.24) is 9.97 Å². The first kappa shape index (κ1) is 26.8. The Morgan fingerprint density at radius 2 is 1.57 bits per heavy atom. The first-order chi connectivity index (χ1) is 19.1. The minimum Gasteiger partial charge on any atom is -0.340 e. The number of alkyl halides is 3. The number of anilines is 4. The van der Waals surface area contributed by atoms with Crippen LogP contribution in [0, 0.1) is 13.8 Å². The lowest BCUT2D eigenvalue weighted by molar-refractivity contribution is -0.137. The Morgan fingerprint density at radius 1 is 0.825 bits per heavy atom. The van der Waals surface area contributed by atoms with Gasteiger partial charge in [-0.1, -0.05) is 29.8 Å². The molecule has 3 aromatic carbocycles. The molecule has 0 bridgehead atoms. The van der Waals surface area contributed by atoms with Gasteiger partial charge in [0.2, 0.25) is 0 Å². The average Bonchev–Trinajstić information content (AvgIpc) is 3.37. The normalized spacial score (nSPS) is 11.3. The van der Waals surface area contributed by atoms with Crippen molar-refractivity contribution >= 4 is 56.2 Å². The Kier molecular flexibility index (Phi) is 7.22. The van der Waals surface area contributed by atoms with Crippen molar-refractivity contribution in [3.63, 3.8) is 0 Å². The van der Waals surface area contributed by atoms with Crippen molar-refractivity contribution < 1.29 is 22.8 Å². The summed E-state index contributed by atoms with van der Waals surface area (Å²) < 4.78 is 39.1. The van der Waals surface area contributed by atoms with Crippen LogP contribution in [0.1, 0.15) is 36.7 Å². The standard InChI is InChI=1S/C29H22F3N5O2S/c1-16-6-9-20(10-7-16)35-25-22-14-24(40-28(22)34-15-33-25)27(39)37-23-13-21(11-8-17(23)2)36-26(38)18-4-3-5-19(12-18)29(30,31)32/h3-15H,1-2H3,(H,36,38)(H,37,39)(H,33,34,35). The Hall–Kier alpha value is -4.77. The number of benzene rings is 3. The van der Waals surface area contributed by atoms with Gasteiger partial charge in [0.05, 0.1) is 15.8 Å². The summed E-state index contributed by atoms with van der Waals surface area (Å²) >= 11 is 1.21. The first-order valence-electron chi connectivity index (χ1n) is 12.1. The SMILES string of the molecule is Cc1ccc(Nc2ncnc3sc(C(=O)Nc4cc(NC(=O)c5cccc(C(F)(F)F)c5)ccc4C)cc23)cc1. The molecule has 0 saturated heterocycles. The van der Waals surface area contributed by atoms with Crippen molar-refractivity contribution in [1.29, 1.82) is 0 Å². The molecule has 11 heteroatoms. The van der Waals surface area contributed by atoms with Crippen LogP contribution in [0.15, 0.2) is 79.1 Å². The molecule has 40 heavy (non-hydrogen) atoms. The molecule has 3 N–H and O–H groups in total. The fourth-order valence-electron chi connectivity index (χ4n) is 3.90. The first-order valence-corrected chi connectivity index (χ1v) is 12.9. The quantitative estimate of drug-likeness (QED) is 0.199. The maximum Gasteiger partial charge on any atom is 0.416 e. The average molecular weight is 562 g/mol. The zero-order valence-corrected chi connectivity index (χ0v) is 22.1. The molecule has 7 nitrogen and oxygen atoms in total. The minimum atomic E-state index is -4.56. The van der Waals surface area contributed by atoms with Crippen LogP contribution in [0.3, 0.4) is 0 Å². The van der Waals surface area contributed by atoms with E-state index in [1.54, 1.807) is 31.2 Å². The van der Waals surface area contributed by atoms with Crippen molar-refractivity contribution in [2.75, 3.05) is 16.0 Å². The molecule has 2 heterocycles.